The lowest BCUT2D eigenvalue weighted by Gasteiger charge is -2.32. The number of nitro benzene ring substituents is 1. The number of carbonyl (C=O) groups excluding carboxylic acids is 2. The molecule has 0 heterocycles. The fraction of sp³-hybridized carbons (Fsp3) is 0.417. The summed E-state index contributed by atoms with van der Waals surface area (Å²) in [4.78, 5) is 38.4. The van der Waals surface area contributed by atoms with Crippen LogP contribution in [0, 0.1) is 16.0 Å². The largest absolute Gasteiger partial charge is 0.495 e. The molecule has 2 amide bonds. The summed E-state index contributed by atoms with van der Waals surface area (Å²) in [6.45, 7) is 4.96. The quantitative estimate of drug-likeness (QED) is 0.314. The van der Waals surface area contributed by atoms with Crippen LogP contribution in [0.15, 0.2) is 42.5 Å². The van der Waals surface area contributed by atoms with E-state index in [9.17, 15) is 28.1 Å². The summed E-state index contributed by atoms with van der Waals surface area (Å²) < 4.78 is 31.5. The number of ether oxygens (including phenoxy) is 1. The number of rotatable bonds is 12. The van der Waals surface area contributed by atoms with Gasteiger partial charge in [-0.25, -0.2) is 8.42 Å². The molecule has 0 radical (unpaired) electrons. The monoisotopic (exact) mass is 554 g/mol. The van der Waals surface area contributed by atoms with Crippen molar-refractivity contribution in [1.29, 1.82) is 0 Å². The lowest BCUT2D eigenvalue weighted by molar-refractivity contribution is -0.384. The van der Waals surface area contributed by atoms with Crippen molar-refractivity contribution in [3.63, 3.8) is 0 Å². The van der Waals surface area contributed by atoms with E-state index in [1.807, 2.05) is 13.8 Å². The van der Waals surface area contributed by atoms with Crippen LogP contribution < -0.4 is 14.4 Å². The summed E-state index contributed by atoms with van der Waals surface area (Å²) in [5.41, 5.74) is -0.00623. The normalized spacial score (nSPS) is 12.1. The van der Waals surface area contributed by atoms with Gasteiger partial charge in [0, 0.05) is 30.2 Å². The van der Waals surface area contributed by atoms with Crippen molar-refractivity contribution < 1.29 is 27.7 Å². The molecular formula is C24H31ClN4O7S. The number of hydrogen-bond acceptors (Lipinski definition) is 7. The Morgan fingerprint density at radius 2 is 1.81 bits per heavy atom. The summed E-state index contributed by atoms with van der Waals surface area (Å²) in [6, 6.07) is 9.23. The number of non-ortho nitro benzene ring substituents is 1. The Balaban J connectivity index is 2.51. The first kappa shape index (κ1) is 29.8. The number of anilines is 1. The van der Waals surface area contributed by atoms with Gasteiger partial charge >= 0.3 is 0 Å². The summed E-state index contributed by atoms with van der Waals surface area (Å²) in [5.74, 6) is -0.950. The third-order valence-corrected chi connectivity index (χ3v) is 6.97. The fourth-order valence-corrected chi connectivity index (χ4v) is 4.47. The molecule has 202 valence electrons. The fourth-order valence-electron chi connectivity index (χ4n) is 3.43. The van der Waals surface area contributed by atoms with Crippen LogP contribution in [0.2, 0.25) is 5.02 Å². The highest BCUT2D eigenvalue weighted by molar-refractivity contribution is 7.92. The SMILES string of the molecule is COc1ccc([N+](=O)[O-])cc1N(CC(=O)N(Cc1ccccc1Cl)[C@@H](C)C(=O)NCC(C)C)S(C)(=O)=O. The molecule has 0 spiro atoms. The third kappa shape index (κ3) is 8.05. The zero-order valence-corrected chi connectivity index (χ0v) is 22.9. The Bertz CT molecular complexity index is 1250. The van der Waals surface area contributed by atoms with E-state index in [2.05, 4.69) is 5.32 Å². The van der Waals surface area contributed by atoms with Crippen LogP contribution in [0.1, 0.15) is 26.3 Å². The molecule has 0 aliphatic rings. The molecule has 11 nitrogen and oxygen atoms in total. The molecule has 0 unspecified atom stereocenters. The van der Waals surface area contributed by atoms with E-state index in [1.54, 1.807) is 24.3 Å². The molecule has 0 saturated heterocycles. The van der Waals surface area contributed by atoms with Crippen LogP contribution in [0.25, 0.3) is 0 Å². The van der Waals surface area contributed by atoms with Gasteiger partial charge in [-0.05, 0) is 30.5 Å². The molecule has 0 saturated carbocycles. The van der Waals surface area contributed by atoms with Crippen molar-refractivity contribution in [2.24, 2.45) is 5.92 Å². The zero-order chi connectivity index (χ0) is 27.9. The number of sulfonamides is 1. The molecule has 0 aliphatic heterocycles. The first-order chi connectivity index (χ1) is 17.3. The minimum Gasteiger partial charge on any atom is -0.495 e. The van der Waals surface area contributed by atoms with Crippen molar-refractivity contribution in [2.75, 3.05) is 30.8 Å². The maximum absolute atomic E-state index is 13.6. The molecule has 1 atom stereocenters. The molecule has 0 aromatic heterocycles. The van der Waals surface area contributed by atoms with Gasteiger partial charge in [0.15, 0.2) is 0 Å². The van der Waals surface area contributed by atoms with Gasteiger partial charge in [0.2, 0.25) is 21.8 Å². The molecule has 2 aromatic carbocycles. The number of benzene rings is 2. The second kappa shape index (κ2) is 12.7. The van der Waals surface area contributed by atoms with E-state index in [-0.39, 0.29) is 29.6 Å². The third-order valence-electron chi connectivity index (χ3n) is 5.47. The van der Waals surface area contributed by atoms with Crippen molar-refractivity contribution in [1.82, 2.24) is 10.2 Å². The van der Waals surface area contributed by atoms with E-state index in [1.165, 1.54) is 25.0 Å². The van der Waals surface area contributed by atoms with Gasteiger partial charge in [-0.1, -0.05) is 43.6 Å². The minimum atomic E-state index is -4.11. The minimum absolute atomic E-state index is 0.0178. The van der Waals surface area contributed by atoms with Gasteiger partial charge in [0.1, 0.15) is 24.0 Å². The number of halogens is 1. The molecule has 2 aromatic rings. The predicted octanol–water partition coefficient (Wildman–Crippen LogP) is 3.21. The standard InChI is InChI=1S/C24H31ClN4O7S/c1-16(2)13-26-24(31)17(3)27(14-18-8-6-7-9-20(18)25)23(30)15-28(37(5,34)35)21-12-19(29(32)33)10-11-22(21)36-4/h6-12,16-17H,13-15H2,1-5H3,(H,26,31)/t17-/m0/s1. The molecule has 1 N–H and O–H groups in total. The van der Waals surface area contributed by atoms with Crippen LogP contribution >= 0.6 is 11.6 Å². The van der Waals surface area contributed by atoms with E-state index >= 15 is 0 Å². The highest BCUT2D eigenvalue weighted by Crippen LogP contribution is 2.34. The maximum Gasteiger partial charge on any atom is 0.271 e. The number of hydrogen-bond donors (Lipinski definition) is 1. The number of carbonyl (C=O) groups is 2. The number of nitro groups is 1. The lowest BCUT2D eigenvalue weighted by atomic mass is 10.1. The van der Waals surface area contributed by atoms with E-state index in [4.69, 9.17) is 16.3 Å². The molecular weight excluding hydrogens is 524 g/mol. The molecule has 13 heteroatoms. The average Bonchev–Trinajstić information content (AvgIpc) is 2.83. The molecule has 0 fully saturated rings. The van der Waals surface area contributed by atoms with E-state index in [0.717, 1.165) is 22.7 Å². The van der Waals surface area contributed by atoms with Crippen molar-refractivity contribution in [2.45, 2.75) is 33.4 Å². The maximum atomic E-state index is 13.6. The smallest absolute Gasteiger partial charge is 0.271 e. The summed E-state index contributed by atoms with van der Waals surface area (Å²) in [5, 5.41) is 14.5. The van der Waals surface area contributed by atoms with Gasteiger partial charge in [0.25, 0.3) is 5.69 Å². The van der Waals surface area contributed by atoms with Gasteiger partial charge in [-0.2, -0.15) is 0 Å². The molecule has 2 rings (SSSR count). The predicted molar refractivity (Wildman–Crippen MR) is 141 cm³/mol. The van der Waals surface area contributed by atoms with Crippen LogP contribution in [-0.4, -0.2) is 62.6 Å². The Labute approximate surface area is 221 Å². The van der Waals surface area contributed by atoms with Gasteiger partial charge in [-0.15, -0.1) is 0 Å². The Morgan fingerprint density at radius 1 is 1.16 bits per heavy atom. The van der Waals surface area contributed by atoms with E-state index in [0.29, 0.717) is 17.1 Å². The topological polar surface area (TPSA) is 139 Å². The van der Waals surface area contributed by atoms with Gasteiger partial charge < -0.3 is 15.0 Å². The Morgan fingerprint density at radius 3 is 2.35 bits per heavy atom. The summed E-state index contributed by atoms with van der Waals surface area (Å²) in [6.07, 6.45) is 0.871. The zero-order valence-electron chi connectivity index (χ0n) is 21.3. The molecule has 0 bridgehead atoms. The van der Waals surface area contributed by atoms with Crippen molar-refractivity contribution >= 4 is 44.8 Å². The number of nitrogens with zero attached hydrogens (tertiary/aromatic N) is 3. The first-order valence-electron chi connectivity index (χ1n) is 11.4. The van der Waals surface area contributed by atoms with E-state index < -0.39 is 39.3 Å². The number of amides is 2. The summed E-state index contributed by atoms with van der Waals surface area (Å²) >= 11 is 6.30. The highest BCUT2D eigenvalue weighted by atomic mass is 35.5. The van der Waals surface area contributed by atoms with Crippen LogP contribution in [0.3, 0.4) is 0 Å². The average molecular weight is 555 g/mol. The van der Waals surface area contributed by atoms with Crippen molar-refractivity contribution in [3.05, 3.63) is 63.2 Å². The van der Waals surface area contributed by atoms with Gasteiger partial charge in [-0.3, -0.25) is 24.0 Å². The number of nitrogens with one attached hydrogen (secondary N) is 1. The van der Waals surface area contributed by atoms with Crippen molar-refractivity contribution in [3.8, 4) is 5.75 Å². The van der Waals surface area contributed by atoms with Crippen LogP contribution in [0.4, 0.5) is 11.4 Å². The van der Waals surface area contributed by atoms with Crippen LogP contribution in [0.5, 0.6) is 5.75 Å². The van der Waals surface area contributed by atoms with Gasteiger partial charge in [0.05, 0.1) is 18.3 Å². The number of methoxy groups -OCH3 is 1. The Kier molecular flexibility index (Phi) is 10.3. The first-order valence-corrected chi connectivity index (χ1v) is 13.6. The lowest BCUT2D eigenvalue weighted by Crippen LogP contribution is -2.51. The molecule has 37 heavy (non-hydrogen) atoms. The second-order valence-electron chi connectivity index (χ2n) is 8.81. The summed E-state index contributed by atoms with van der Waals surface area (Å²) in [7, 11) is -2.84. The van der Waals surface area contributed by atoms with Crippen LogP contribution in [-0.2, 0) is 26.2 Å². The second-order valence-corrected chi connectivity index (χ2v) is 11.1. The Hall–Kier alpha value is -3.38. The highest BCUT2D eigenvalue weighted by Gasteiger charge is 2.32. The molecule has 0 aliphatic carbocycles.